The molecule has 1 heterocycles. The minimum Gasteiger partial charge on any atom is -0.493 e. The number of ether oxygens (including phenoxy) is 1. The third-order valence-electron chi connectivity index (χ3n) is 4.84. The van der Waals surface area contributed by atoms with Crippen molar-refractivity contribution < 1.29 is 9.53 Å². The molecule has 1 amide bonds. The molecular weight excluding hydrogens is 392 g/mol. The molecule has 138 valence electrons. The van der Waals surface area contributed by atoms with Crippen molar-refractivity contribution in [1.29, 1.82) is 0 Å². The Hall–Kier alpha value is -1.85. The SMILES string of the molecule is CC(C(=O)Nc1ccccc1Br)N1CCCC(COc2ccccc2)C1. The molecule has 0 bridgehead atoms. The zero-order chi connectivity index (χ0) is 18.4. The van der Waals surface area contributed by atoms with Crippen LogP contribution >= 0.6 is 15.9 Å². The van der Waals surface area contributed by atoms with E-state index in [4.69, 9.17) is 4.74 Å². The lowest BCUT2D eigenvalue weighted by Crippen LogP contribution is -2.48. The molecule has 3 rings (SSSR count). The number of nitrogens with zero attached hydrogens (tertiary/aromatic N) is 1. The second kappa shape index (κ2) is 9.19. The monoisotopic (exact) mass is 416 g/mol. The molecule has 1 fully saturated rings. The van der Waals surface area contributed by atoms with Gasteiger partial charge in [0, 0.05) is 16.9 Å². The van der Waals surface area contributed by atoms with E-state index in [0.717, 1.165) is 41.8 Å². The van der Waals surface area contributed by atoms with Crippen molar-refractivity contribution in [3.63, 3.8) is 0 Å². The third-order valence-corrected chi connectivity index (χ3v) is 5.53. The number of hydrogen-bond acceptors (Lipinski definition) is 3. The van der Waals surface area contributed by atoms with Crippen LogP contribution in [0.5, 0.6) is 5.75 Å². The molecule has 4 nitrogen and oxygen atoms in total. The first-order valence-electron chi connectivity index (χ1n) is 9.11. The number of para-hydroxylation sites is 2. The lowest BCUT2D eigenvalue weighted by Gasteiger charge is -2.36. The van der Waals surface area contributed by atoms with E-state index in [1.165, 1.54) is 0 Å². The number of nitrogens with one attached hydrogen (secondary N) is 1. The van der Waals surface area contributed by atoms with Crippen LogP contribution in [0.3, 0.4) is 0 Å². The summed E-state index contributed by atoms with van der Waals surface area (Å²) in [4.78, 5) is 14.9. The van der Waals surface area contributed by atoms with E-state index in [1.807, 2.05) is 61.5 Å². The van der Waals surface area contributed by atoms with Gasteiger partial charge in [0.2, 0.25) is 5.91 Å². The van der Waals surface area contributed by atoms with Gasteiger partial charge in [-0.3, -0.25) is 9.69 Å². The van der Waals surface area contributed by atoms with Gasteiger partial charge in [-0.25, -0.2) is 0 Å². The van der Waals surface area contributed by atoms with Crippen molar-refractivity contribution in [3.05, 3.63) is 59.1 Å². The van der Waals surface area contributed by atoms with E-state index in [2.05, 4.69) is 26.1 Å². The van der Waals surface area contributed by atoms with E-state index in [0.29, 0.717) is 12.5 Å². The second-order valence-electron chi connectivity index (χ2n) is 6.77. The Morgan fingerprint density at radius 1 is 1.23 bits per heavy atom. The Balaban J connectivity index is 1.53. The Labute approximate surface area is 163 Å². The highest BCUT2D eigenvalue weighted by Crippen LogP contribution is 2.23. The predicted molar refractivity (Wildman–Crippen MR) is 108 cm³/mol. The summed E-state index contributed by atoms with van der Waals surface area (Å²) in [6.45, 7) is 4.51. The Kier molecular flexibility index (Phi) is 6.69. The van der Waals surface area contributed by atoms with E-state index in [9.17, 15) is 4.79 Å². The number of likely N-dealkylation sites (tertiary alicyclic amines) is 1. The van der Waals surface area contributed by atoms with Crippen LogP contribution in [0.2, 0.25) is 0 Å². The highest BCUT2D eigenvalue weighted by atomic mass is 79.9. The fourth-order valence-corrected chi connectivity index (χ4v) is 3.67. The second-order valence-corrected chi connectivity index (χ2v) is 7.63. The summed E-state index contributed by atoms with van der Waals surface area (Å²) in [5.41, 5.74) is 0.810. The summed E-state index contributed by atoms with van der Waals surface area (Å²) in [5, 5.41) is 3.02. The quantitative estimate of drug-likeness (QED) is 0.749. The number of amides is 1. The minimum atomic E-state index is -0.165. The first kappa shape index (κ1) is 18.9. The van der Waals surface area contributed by atoms with E-state index >= 15 is 0 Å². The van der Waals surface area contributed by atoms with Crippen LogP contribution in [-0.4, -0.2) is 36.5 Å². The number of rotatable bonds is 6. The van der Waals surface area contributed by atoms with Gasteiger partial charge in [-0.2, -0.15) is 0 Å². The lowest BCUT2D eigenvalue weighted by atomic mass is 9.97. The van der Waals surface area contributed by atoms with Crippen molar-refractivity contribution in [2.24, 2.45) is 5.92 Å². The van der Waals surface area contributed by atoms with Crippen LogP contribution in [0.25, 0.3) is 0 Å². The summed E-state index contributed by atoms with van der Waals surface area (Å²) >= 11 is 3.48. The molecule has 1 saturated heterocycles. The van der Waals surface area contributed by atoms with Gasteiger partial charge < -0.3 is 10.1 Å². The molecular formula is C21H25BrN2O2. The number of carbonyl (C=O) groups is 1. The van der Waals surface area contributed by atoms with Crippen LogP contribution in [0.4, 0.5) is 5.69 Å². The van der Waals surface area contributed by atoms with Crippen LogP contribution in [0.1, 0.15) is 19.8 Å². The van der Waals surface area contributed by atoms with Crippen molar-refractivity contribution in [2.75, 3.05) is 25.0 Å². The van der Waals surface area contributed by atoms with E-state index in [1.54, 1.807) is 0 Å². The highest BCUT2D eigenvalue weighted by molar-refractivity contribution is 9.10. The van der Waals surface area contributed by atoms with Crippen LogP contribution < -0.4 is 10.1 Å². The molecule has 2 unspecified atom stereocenters. The van der Waals surface area contributed by atoms with Gasteiger partial charge in [-0.1, -0.05) is 30.3 Å². The van der Waals surface area contributed by atoms with Gasteiger partial charge >= 0.3 is 0 Å². The molecule has 2 aromatic carbocycles. The standard InChI is InChI=1S/C21H25BrN2O2/c1-16(21(25)23-20-12-6-5-11-19(20)22)24-13-7-8-17(14-24)15-26-18-9-3-2-4-10-18/h2-6,9-12,16-17H,7-8,13-15H2,1H3,(H,23,25). The number of carbonyl (C=O) groups excluding carboxylic acids is 1. The molecule has 0 radical (unpaired) electrons. The summed E-state index contributed by atoms with van der Waals surface area (Å²) in [7, 11) is 0. The number of hydrogen-bond donors (Lipinski definition) is 1. The molecule has 0 aliphatic carbocycles. The topological polar surface area (TPSA) is 41.6 Å². The normalized spacial score (nSPS) is 18.9. The zero-order valence-electron chi connectivity index (χ0n) is 15.0. The van der Waals surface area contributed by atoms with Crippen LogP contribution in [0, 0.1) is 5.92 Å². The minimum absolute atomic E-state index is 0.0292. The third kappa shape index (κ3) is 5.08. The fourth-order valence-electron chi connectivity index (χ4n) is 3.28. The van der Waals surface area contributed by atoms with Gasteiger partial charge in [0.1, 0.15) is 5.75 Å². The van der Waals surface area contributed by atoms with Gasteiger partial charge in [0.05, 0.1) is 18.3 Å². The first-order valence-corrected chi connectivity index (χ1v) is 9.90. The van der Waals surface area contributed by atoms with Gasteiger partial charge in [-0.15, -0.1) is 0 Å². The Morgan fingerprint density at radius 2 is 1.96 bits per heavy atom. The van der Waals surface area contributed by atoms with Gasteiger partial charge in [0.15, 0.2) is 0 Å². The molecule has 0 saturated carbocycles. The molecule has 2 atom stereocenters. The van der Waals surface area contributed by atoms with E-state index in [-0.39, 0.29) is 11.9 Å². The van der Waals surface area contributed by atoms with E-state index < -0.39 is 0 Å². The molecule has 0 spiro atoms. The Morgan fingerprint density at radius 3 is 2.73 bits per heavy atom. The van der Waals surface area contributed by atoms with Gasteiger partial charge in [0.25, 0.3) is 0 Å². The molecule has 5 heteroatoms. The Bertz CT molecular complexity index is 723. The maximum Gasteiger partial charge on any atom is 0.241 e. The maximum absolute atomic E-state index is 12.6. The summed E-state index contributed by atoms with van der Waals surface area (Å²) in [6, 6.07) is 17.4. The number of piperidine rings is 1. The summed E-state index contributed by atoms with van der Waals surface area (Å²) in [6.07, 6.45) is 2.23. The lowest BCUT2D eigenvalue weighted by molar-refractivity contribution is -0.121. The zero-order valence-corrected chi connectivity index (χ0v) is 16.6. The first-order chi connectivity index (χ1) is 12.6. The molecule has 0 aromatic heterocycles. The van der Waals surface area contributed by atoms with Crippen molar-refractivity contribution in [1.82, 2.24) is 4.90 Å². The smallest absolute Gasteiger partial charge is 0.241 e. The molecule has 1 aliphatic rings. The summed E-state index contributed by atoms with van der Waals surface area (Å²) < 4.78 is 6.81. The number of halogens is 1. The number of anilines is 1. The average Bonchev–Trinajstić information content (AvgIpc) is 2.68. The van der Waals surface area contributed by atoms with Crippen molar-refractivity contribution >= 4 is 27.5 Å². The molecule has 1 aliphatic heterocycles. The number of benzene rings is 2. The van der Waals surface area contributed by atoms with Crippen LogP contribution in [0.15, 0.2) is 59.1 Å². The molecule has 2 aromatic rings. The average molecular weight is 417 g/mol. The van der Waals surface area contributed by atoms with Gasteiger partial charge in [-0.05, 0) is 66.5 Å². The highest BCUT2D eigenvalue weighted by Gasteiger charge is 2.28. The van der Waals surface area contributed by atoms with Crippen molar-refractivity contribution in [3.8, 4) is 5.75 Å². The predicted octanol–water partition coefficient (Wildman–Crippen LogP) is 4.57. The summed E-state index contributed by atoms with van der Waals surface area (Å²) in [5.74, 6) is 1.38. The maximum atomic E-state index is 12.6. The van der Waals surface area contributed by atoms with Crippen molar-refractivity contribution in [2.45, 2.75) is 25.8 Å². The molecule has 1 N–H and O–H groups in total. The van der Waals surface area contributed by atoms with Crippen LogP contribution in [-0.2, 0) is 4.79 Å². The largest absolute Gasteiger partial charge is 0.493 e. The fraction of sp³-hybridized carbons (Fsp3) is 0.381. The molecule has 26 heavy (non-hydrogen) atoms.